The number of aromatic amines is 1. The predicted octanol–water partition coefficient (Wildman–Crippen LogP) is 3.17. The van der Waals surface area contributed by atoms with Crippen molar-refractivity contribution in [2.24, 2.45) is 0 Å². The highest BCUT2D eigenvalue weighted by atomic mass is 32.1. The van der Waals surface area contributed by atoms with E-state index in [9.17, 15) is 4.79 Å². The van der Waals surface area contributed by atoms with Crippen LogP contribution in [0.1, 0.15) is 37.0 Å². The third-order valence-electron chi connectivity index (χ3n) is 3.22. The molecule has 22 heavy (non-hydrogen) atoms. The first kappa shape index (κ1) is 14.6. The number of hydrogen-bond acceptors (Lipinski definition) is 6. The van der Waals surface area contributed by atoms with Gasteiger partial charge in [0.1, 0.15) is 0 Å². The minimum atomic E-state index is -0.476. The van der Waals surface area contributed by atoms with Gasteiger partial charge in [-0.1, -0.05) is 20.8 Å². The van der Waals surface area contributed by atoms with Crippen LogP contribution in [0.3, 0.4) is 0 Å². The van der Waals surface area contributed by atoms with Crippen molar-refractivity contribution < 1.29 is 9.53 Å². The zero-order valence-corrected chi connectivity index (χ0v) is 13.6. The van der Waals surface area contributed by atoms with Gasteiger partial charge in [-0.2, -0.15) is 0 Å². The molecule has 114 valence electrons. The number of rotatable bonds is 2. The number of carbonyl (C=O) groups is 1. The molecule has 0 saturated heterocycles. The second kappa shape index (κ2) is 5.17. The largest absolute Gasteiger partial charge is 0.464 e. The summed E-state index contributed by atoms with van der Waals surface area (Å²) in [6.45, 7) is 6.36. The zero-order chi connectivity index (χ0) is 15.9. The lowest BCUT2D eigenvalue weighted by Crippen LogP contribution is -2.11. The predicted molar refractivity (Wildman–Crippen MR) is 85.0 cm³/mol. The molecule has 3 aromatic heterocycles. The highest BCUT2D eigenvalue weighted by Crippen LogP contribution is 2.29. The molecule has 0 saturated carbocycles. The number of H-pyrrole nitrogens is 1. The summed E-state index contributed by atoms with van der Waals surface area (Å²) in [7, 11) is 1.33. The fourth-order valence-electron chi connectivity index (χ4n) is 1.94. The number of thiazole rings is 1. The average Bonchev–Trinajstić information content (AvgIpc) is 3.11. The summed E-state index contributed by atoms with van der Waals surface area (Å²) in [6, 6.07) is 3.38. The Hall–Kier alpha value is -2.28. The van der Waals surface area contributed by atoms with Gasteiger partial charge < -0.3 is 9.72 Å². The van der Waals surface area contributed by atoms with Crippen LogP contribution in [0, 0.1) is 0 Å². The van der Waals surface area contributed by atoms with Crippen LogP contribution in [0.2, 0.25) is 0 Å². The molecule has 0 aliphatic carbocycles. The molecule has 0 bridgehead atoms. The summed E-state index contributed by atoms with van der Waals surface area (Å²) in [5.74, 6) is 0.181. The Morgan fingerprint density at radius 1 is 1.23 bits per heavy atom. The summed E-state index contributed by atoms with van der Waals surface area (Å²) in [5, 5.41) is 2.85. The molecular weight excluding hydrogens is 300 g/mol. The number of nitrogens with zero attached hydrogens (tertiary/aromatic N) is 3. The molecule has 3 heterocycles. The number of imidazole rings is 1. The number of fused-ring (bicyclic) bond motifs is 1. The molecule has 0 aliphatic rings. The standard InChI is InChI=1S/C15H16N4O2S/c1-15(2,3)10-7-22-13(18-10)12-16-8-5-6-9(14(20)21-4)17-11(8)19-12/h5-7H,1-4H3,(H,16,17,19). The van der Waals surface area contributed by atoms with E-state index in [-0.39, 0.29) is 11.1 Å². The van der Waals surface area contributed by atoms with Crippen molar-refractivity contribution in [1.29, 1.82) is 0 Å². The van der Waals surface area contributed by atoms with E-state index in [1.54, 1.807) is 12.1 Å². The number of methoxy groups -OCH3 is 1. The molecule has 3 aromatic rings. The summed E-state index contributed by atoms with van der Waals surface area (Å²) in [5.41, 5.74) is 2.50. The van der Waals surface area contributed by atoms with Crippen LogP contribution in [0.5, 0.6) is 0 Å². The second-order valence-electron chi connectivity index (χ2n) is 5.93. The number of aromatic nitrogens is 4. The topological polar surface area (TPSA) is 80.8 Å². The normalized spacial score (nSPS) is 11.8. The van der Waals surface area contributed by atoms with Crippen molar-refractivity contribution in [3.05, 3.63) is 28.9 Å². The van der Waals surface area contributed by atoms with Crippen LogP contribution < -0.4 is 0 Å². The van der Waals surface area contributed by atoms with Crippen LogP contribution in [-0.2, 0) is 10.2 Å². The number of esters is 1. The highest BCUT2D eigenvalue weighted by Gasteiger charge is 2.19. The highest BCUT2D eigenvalue weighted by molar-refractivity contribution is 7.13. The first-order valence-electron chi connectivity index (χ1n) is 6.80. The van der Waals surface area contributed by atoms with Crippen LogP contribution in [0.15, 0.2) is 17.5 Å². The van der Waals surface area contributed by atoms with E-state index in [0.29, 0.717) is 11.5 Å². The van der Waals surface area contributed by atoms with E-state index in [1.807, 2.05) is 5.38 Å². The molecule has 7 heteroatoms. The maximum absolute atomic E-state index is 11.5. The lowest BCUT2D eigenvalue weighted by molar-refractivity contribution is 0.0594. The monoisotopic (exact) mass is 316 g/mol. The summed E-state index contributed by atoms with van der Waals surface area (Å²) in [6.07, 6.45) is 0. The number of nitrogens with one attached hydrogen (secondary N) is 1. The van der Waals surface area contributed by atoms with Crippen molar-refractivity contribution in [2.45, 2.75) is 26.2 Å². The third kappa shape index (κ3) is 2.59. The van der Waals surface area contributed by atoms with Gasteiger partial charge in [-0.15, -0.1) is 11.3 Å². The van der Waals surface area contributed by atoms with Gasteiger partial charge in [-0.05, 0) is 12.1 Å². The van der Waals surface area contributed by atoms with E-state index in [4.69, 9.17) is 0 Å². The molecular formula is C15H16N4O2S. The van der Waals surface area contributed by atoms with E-state index in [2.05, 4.69) is 45.4 Å². The van der Waals surface area contributed by atoms with Crippen LogP contribution >= 0.6 is 11.3 Å². The van der Waals surface area contributed by atoms with Crippen molar-refractivity contribution in [1.82, 2.24) is 19.9 Å². The molecule has 0 amide bonds. The van der Waals surface area contributed by atoms with Gasteiger partial charge in [-0.25, -0.2) is 19.7 Å². The zero-order valence-electron chi connectivity index (χ0n) is 12.8. The lowest BCUT2D eigenvalue weighted by atomic mass is 9.93. The Morgan fingerprint density at radius 3 is 2.64 bits per heavy atom. The summed E-state index contributed by atoms with van der Waals surface area (Å²) < 4.78 is 4.67. The van der Waals surface area contributed by atoms with Gasteiger partial charge in [0.05, 0.1) is 18.3 Å². The van der Waals surface area contributed by atoms with Gasteiger partial charge in [0.15, 0.2) is 22.2 Å². The molecule has 0 spiro atoms. The van der Waals surface area contributed by atoms with Gasteiger partial charge in [0, 0.05) is 10.8 Å². The quantitative estimate of drug-likeness (QED) is 0.734. The summed E-state index contributed by atoms with van der Waals surface area (Å²) in [4.78, 5) is 28.0. The van der Waals surface area contributed by atoms with Gasteiger partial charge in [-0.3, -0.25) is 0 Å². The maximum atomic E-state index is 11.5. The molecule has 6 nitrogen and oxygen atoms in total. The smallest absolute Gasteiger partial charge is 0.356 e. The van der Waals surface area contributed by atoms with Crippen molar-refractivity contribution >= 4 is 28.5 Å². The molecule has 0 radical (unpaired) electrons. The Kier molecular flexibility index (Phi) is 3.44. The first-order chi connectivity index (χ1) is 10.4. The number of ether oxygens (including phenoxy) is 1. The third-order valence-corrected chi connectivity index (χ3v) is 4.06. The Morgan fingerprint density at radius 2 is 2.00 bits per heavy atom. The van der Waals surface area contributed by atoms with Crippen LogP contribution in [0.4, 0.5) is 0 Å². The molecule has 3 rings (SSSR count). The number of carbonyl (C=O) groups excluding carboxylic acids is 1. The van der Waals surface area contributed by atoms with Crippen molar-refractivity contribution in [3.63, 3.8) is 0 Å². The molecule has 0 fully saturated rings. The fourth-order valence-corrected chi connectivity index (χ4v) is 2.93. The van der Waals surface area contributed by atoms with Crippen molar-refractivity contribution in [2.75, 3.05) is 7.11 Å². The molecule has 0 atom stereocenters. The molecule has 0 aliphatic heterocycles. The summed E-state index contributed by atoms with van der Waals surface area (Å²) >= 11 is 1.54. The number of pyridine rings is 1. The fraction of sp³-hybridized carbons (Fsp3) is 0.333. The van der Waals surface area contributed by atoms with E-state index < -0.39 is 5.97 Å². The molecule has 0 unspecified atom stereocenters. The van der Waals surface area contributed by atoms with Crippen molar-refractivity contribution in [3.8, 4) is 10.8 Å². The van der Waals surface area contributed by atoms with E-state index in [1.165, 1.54) is 18.4 Å². The van der Waals surface area contributed by atoms with Gasteiger partial charge >= 0.3 is 5.97 Å². The molecule has 0 aromatic carbocycles. The Bertz CT molecular complexity index is 845. The maximum Gasteiger partial charge on any atom is 0.356 e. The average molecular weight is 316 g/mol. The Balaban J connectivity index is 2.01. The van der Waals surface area contributed by atoms with Gasteiger partial charge in [0.2, 0.25) is 0 Å². The van der Waals surface area contributed by atoms with Gasteiger partial charge in [0.25, 0.3) is 0 Å². The lowest BCUT2D eigenvalue weighted by Gasteiger charge is -2.13. The molecule has 1 N–H and O–H groups in total. The number of hydrogen-bond donors (Lipinski definition) is 1. The minimum Gasteiger partial charge on any atom is -0.464 e. The van der Waals surface area contributed by atoms with Crippen LogP contribution in [0.25, 0.3) is 22.0 Å². The van der Waals surface area contributed by atoms with E-state index >= 15 is 0 Å². The SMILES string of the molecule is COC(=O)c1ccc2[nH]c(-c3nc(C(C)(C)C)cs3)nc2n1. The van der Waals surface area contributed by atoms with E-state index in [0.717, 1.165) is 16.2 Å². The Labute approximate surface area is 131 Å². The minimum absolute atomic E-state index is 0.00291. The first-order valence-corrected chi connectivity index (χ1v) is 7.68. The van der Waals surface area contributed by atoms with Crippen LogP contribution in [-0.4, -0.2) is 33.0 Å². The second-order valence-corrected chi connectivity index (χ2v) is 6.79.